The number of carboxylic acid groups (broad SMARTS) is 1. The minimum atomic E-state index is -0.872. The van der Waals surface area contributed by atoms with Crippen molar-refractivity contribution in [3.63, 3.8) is 0 Å². The highest BCUT2D eigenvalue weighted by Gasteiger charge is 2.22. The normalized spacial score (nSPS) is 20.7. The maximum Gasteiger partial charge on any atom is 0.339 e. The van der Waals surface area contributed by atoms with Gasteiger partial charge in [0.25, 0.3) is 0 Å². The SMILES string of the molecule is O=C(O)c1cc(C2CCCCC2)ccc1OC1CCCCC1. The predicted octanol–water partition coefficient (Wildman–Crippen LogP) is 5.14. The van der Waals surface area contributed by atoms with Gasteiger partial charge in [-0.25, -0.2) is 4.79 Å². The van der Waals surface area contributed by atoms with E-state index in [0.29, 0.717) is 17.2 Å². The molecule has 1 aromatic rings. The highest BCUT2D eigenvalue weighted by atomic mass is 16.5. The number of benzene rings is 1. The van der Waals surface area contributed by atoms with Crippen LogP contribution >= 0.6 is 0 Å². The Morgan fingerprint density at radius 1 is 0.955 bits per heavy atom. The molecule has 0 spiro atoms. The van der Waals surface area contributed by atoms with Crippen LogP contribution in [0.2, 0.25) is 0 Å². The summed E-state index contributed by atoms with van der Waals surface area (Å²) in [5.41, 5.74) is 1.52. The summed E-state index contributed by atoms with van der Waals surface area (Å²) in [5, 5.41) is 9.54. The average Bonchev–Trinajstić information content (AvgIpc) is 2.57. The van der Waals surface area contributed by atoms with Crippen LogP contribution < -0.4 is 4.74 Å². The van der Waals surface area contributed by atoms with Crippen LogP contribution in [0.4, 0.5) is 0 Å². The molecule has 0 aromatic heterocycles. The molecule has 0 heterocycles. The Balaban J connectivity index is 1.78. The van der Waals surface area contributed by atoms with E-state index in [1.807, 2.05) is 12.1 Å². The molecule has 22 heavy (non-hydrogen) atoms. The van der Waals surface area contributed by atoms with Gasteiger partial charge < -0.3 is 9.84 Å². The first-order valence-electron chi connectivity index (χ1n) is 8.78. The molecule has 2 aliphatic carbocycles. The van der Waals surface area contributed by atoms with Crippen molar-refractivity contribution in [3.8, 4) is 5.75 Å². The van der Waals surface area contributed by atoms with Crippen molar-refractivity contribution in [2.75, 3.05) is 0 Å². The molecule has 3 heteroatoms. The second-order valence-corrected chi connectivity index (χ2v) is 6.77. The molecule has 2 aliphatic rings. The molecule has 0 amide bonds. The van der Waals surface area contributed by atoms with Gasteiger partial charge in [0.2, 0.25) is 0 Å². The predicted molar refractivity (Wildman–Crippen MR) is 86.7 cm³/mol. The number of carboxylic acids is 1. The molecular weight excluding hydrogens is 276 g/mol. The van der Waals surface area contributed by atoms with E-state index in [0.717, 1.165) is 12.8 Å². The van der Waals surface area contributed by atoms with Gasteiger partial charge in [-0.1, -0.05) is 31.7 Å². The second kappa shape index (κ2) is 7.17. The van der Waals surface area contributed by atoms with Gasteiger partial charge in [0.05, 0.1) is 6.10 Å². The first kappa shape index (κ1) is 15.4. The summed E-state index contributed by atoms with van der Waals surface area (Å²) in [6.45, 7) is 0. The van der Waals surface area contributed by atoms with Crippen molar-refractivity contribution in [2.45, 2.75) is 76.2 Å². The highest BCUT2D eigenvalue weighted by molar-refractivity contribution is 5.91. The van der Waals surface area contributed by atoms with Crippen molar-refractivity contribution in [2.24, 2.45) is 0 Å². The Bertz CT molecular complexity index is 511. The smallest absolute Gasteiger partial charge is 0.339 e. The Morgan fingerprint density at radius 3 is 2.23 bits per heavy atom. The van der Waals surface area contributed by atoms with E-state index in [1.54, 1.807) is 0 Å². The molecule has 0 saturated heterocycles. The van der Waals surface area contributed by atoms with E-state index in [1.165, 1.54) is 56.9 Å². The van der Waals surface area contributed by atoms with Gasteiger partial charge in [-0.15, -0.1) is 0 Å². The van der Waals surface area contributed by atoms with Crippen LogP contribution in [0.3, 0.4) is 0 Å². The van der Waals surface area contributed by atoms with E-state index in [4.69, 9.17) is 4.74 Å². The molecule has 3 nitrogen and oxygen atoms in total. The second-order valence-electron chi connectivity index (χ2n) is 6.77. The Labute approximate surface area is 132 Å². The van der Waals surface area contributed by atoms with Crippen LogP contribution in [0, 0.1) is 0 Å². The van der Waals surface area contributed by atoms with E-state index in [9.17, 15) is 9.90 Å². The van der Waals surface area contributed by atoms with Crippen LogP contribution in [0.5, 0.6) is 5.75 Å². The van der Waals surface area contributed by atoms with Crippen molar-refractivity contribution in [3.05, 3.63) is 29.3 Å². The van der Waals surface area contributed by atoms with Crippen LogP contribution in [0.25, 0.3) is 0 Å². The highest BCUT2D eigenvalue weighted by Crippen LogP contribution is 2.35. The van der Waals surface area contributed by atoms with Gasteiger partial charge in [-0.2, -0.15) is 0 Å². The summed E-state index contributed by atoms with van der Waals surface area (Å²) in [6, 6.07) is 5.83. The first-order valence-corrected chi connectivity index (χ1v) is 8.78. The third-order valence-electron chi connectivity index (χ3n) is 5.16. The topological polar surface area (TPSA) is 46.5 Å². The lowest BCUT2D eigenvalue weighted by Gasteiger charge is -2.25. The molecule has 2 saturated carbocycles. The fraction of sp³-hybridized carbons (Fsp3) is 0.632. The van der Waals surface area contributed by atoms with Gasteiger partial charge in [0, 0.05) is 0 Å². The van der Waals surface area contributed by atoms with Crippen molar-refractivity contribution < 1.29 is 14.6 Å². The summed E-state index contributed by atoms with van der Waals surface area (Å²) in [4.78, 5) is 11.6. The molecule has 0 bridgehead atoms. The van der Waals surface area contributed by atoms with Crippen LogP contribution in [0.1, 0.15) is 86.0 Å². The van der Waals surface area contributed by atoms with Crippen molar-refractivity contribution in [1.82, 2.24) is 0 Å². The Kier molecular flexibility index (Phi) is 5.01. The quantitative estimate of drug-likeness (QED) is 0.837. The van der Waals surface area contributed by atoms with Gasteiger partial charge in [-0.3, -0.25) is 0 Å². The Hall–Kier alpha value is -1.51. The minimum absolute atomic E-state index is 0.187. The van der Waals surface area contributed by atoms with Gasteiger partial charge in [-0.05, 0) is 62.1 Å². The zero-order chi connectivity index (χ0) is 15.4. The minimum Gasteiger partial charge on any atom is -0.490 e. The van der Waals surface area contributed by atoms with E-state index in [2.05, 4.69) is 6.07 Å². The first-order chi connectivity index (χ1) is 10.7. The molecule has 3 rings (SSSR count). The fourth-order valence-electron chi connectivity index (χ4n) is 3.87. The molecule has 0 unspecified atom stereocenters. The zero-order valence-corrected chi connectivity index (χ0v) is 13.2. The summed E-state index contributed by atoms with van der Waals surface area (Å²) < 4.78 is 6.01. The van der Waals surface area contributed by atoms with E-state index < -0.39 is 5.97 Å². The lowest BCUT2D eigenvalue weighted by atomic mass is 9.83. The van der Waals surface area contributed by atoms with Crippen molar-refractivity contribution >= 4 is 5.97 Å². The van der Waals surface area contributed by atoms with Gasteiger partial charge in [0.15, 0.2) is 0 Å². The molecular formula is C19H26O3. The average molecular weight is 302 g/mol. The lowest BCUT2D eigenvalue weighted by molar-refractivity contribution is 0.0686. The molecule has 0 radical (unpaired) electrons. The summed E-state index contributed by atoms with van der Waals surface area (Å²) in [6.07, 6.45) is 12.1. The maximum atomic E-state index is 11.6. The van der Waals surface area contributed by atoms with Crippen molar-refractivity contribution in [1.29, 1.82) is 0 Å². The van der Waals surface area contributed by atoms with E-state index >= 15 is 0 Å². The third-order valence-corrected chi connectivity index (χ3v) is 5.16. The summed E-state index contributed by atoms with van der Waals surface area (Å²) in [7, 11) is 0. The number of aromatic carboxylic acids is 1. The van der Waals surface area contributed by atoms with E-state index in [-0.39, 0.29) is 6.10 Å². The number of hydrogen-bond acceptors (Lipinski definition) is 2. The molecule has 1 N–H and O–H groups in total. The largest absolute Gasteiger partial charge is 0.490 e. The number of rotatable bonds is 4. The van der Waals surface area contributed by atoms with Crippen LogP contribution in [0.15, 0.2) is 18.2 Å². The molecule has 1 aromatic carbocycles. The standard InChI is InChI=1S/C19H26O3/c20-19(21)17-13-15(14-7-3-1-4-8-14)11-12-18(17)22-16-9-5-2-6-10-16/h11-14,16H,1-10H2,(H,20,21). The molecule has 2 fully saturated rings. The zero-order valence-electron chi connectivity index (χ0n) is 13.2. The molecule has 0 aliphatic heterocycles. The van der Waals surface area contributed by atoms with Gasteiger partial charge in [0.1, 0.15) is 11.3 Å². The third kappa shape index (κ3) is 3.63. The number of carbonyl (C=O) groups is 1. The van der Waals surface area contributed by atoms with Gasteiger partial charge >= 0.3 is 5.97 Å². The lowest BCUT2D eigenvalue weighted by Crippen LogP contribution is -2.21. The van der Waals surface area contributed by atoms with Crippen LogP contribution in [-0.2, 0) is 0 Å². The summed E-state index contributed by atoms with van der Waals surface area (Å²) in [5.74, 6) is 0.206. The monoisotopic (exact) mass is 302 g/mol. The number of ether oxygens (including phenoxy) is 1. The molecule has 120 valence electrons. The van der Waals surface area contributed by atoms with Crippen LogP contribution in [-0.4, -0.2) is 17.2 Å². The Morgan fingerprint density at radius 2 is 1.59 bits per heavy atom. The number of hydrogen-bond donors (Lipinski definition) is 1. The maximum absolute atomic E-state index is 11.6. The fourth-order valence-corrected chi connectivity index (χ4v) is 3.87. The molecule has 0 atom stereocenters. The summed E-state index contributed by atoms with van der Waals surface area (Å²) >= 11 is 0.